The van der Waals surface area contributed by atoms with Crippen molar-refractivity contribution in [2.24, 2.45) is 0 Å². The minimum absolute atomic E-state index is 0.0332. The van der Waals surface area contributed by atoms with Crippen molar-refractivity contribution >= 4 is 57.6 Å². The van der Waals surface area contributed by atoms with Gasteiger partial charge in [-0.3, -0.25) is 9.59 Å². The zero-order valence-corrected chi connectivity index (χ0v) is 13.6. The molecule has 0 unspecified atom stereocenters. The lowest BCUT2D eigenvalue weighted by Crippen LogP contribution is -2.34. The average molecular weight is 413 g/mol. The molecule has 102 valence electrons. The van der Waals surface area contributed by atoms with Gasteiger partial charge in [-0.2, -0.15) is 0 Å². The molecule has 0 aliphatic carbocycles. The number of carbonyl (C=O) groups excluding carboxylic acids is 2. The third-order valence-corrected chi connectivity index (χ3v) is 4.82. The summed E-state index contributed by atoms with van der Waals surface area (Å²) in [6.45, 7) is 1.37. The van der Waals surface area contributed by atoms with Crippen LogP contribution in [0.2, 0.25) is 10.0 Å². The highest BCUT2D eigenvalue weighted by atomic mass is 127. The Morgan fingerprint density at radius 1 is 1.32 bits per heavy atom. The van der Waals surface area contributed by atoms with Crippen LogP contribution in [0.25, 0.3) is 0 Å². The number of nitrogens with zero attached hydrogens (tertiary/aromatic N) is 1. The van der Waals surface area contributed by atoms with Gasteiger partial charge in [0.1, 0.15) is 0 Å². The fraction of sp³-hybridized carbons (Fsp3) is 0.333. The quantitative estimate of drug-likeness (QED) is 0.569. The summed E-state index contributed by atoms with van der Waals surface area (Å²) in [7, 11) is 0. The van der Waals surface area contributed by atoms with Crippen molar-refractivity contribution in [3.05, 3.63) is 31.3 Å². The monoisotopic (exact) mass is 412 g/mol. The number of hydrogen-bond acceptors (Lipinski definition) is 2. The van der Waals surface area contributed by atoms with Crippen molar-refractivity contribution < 1.29 is 9.59 Å². The third-order valence-electron chi connectivity index (χ3n) is 2.82. The first-order valence-electron chi connectivity index (χ1n) is 5.69. The number of hydrogen-bond donors (Lipinski definition) is 1. The molecule has 1 N–H and O–H groups in total. The Kier molecular flexibility index (Phi) is 4.92. The molecular weight excluding hydrogens is 402 g/mol. The Hall–Kier alpha value is -0.530. The van der Waals surface area contributed by atoms with Gasteiger partial charge in [-0.1, -0.05) is 23.2 Å². The van der Waals surface area contributed by atoms with Crippen LogP contribution in [-0.4, -0.2) is 36.3 Å². The first-order chi connectivity index (χ1) is 8.99. The number of nitrogens with one attached hydrogen (secondary N) is 1. The van der Waals surface area contributed by atoms with Crippen LogP contribution in [0.5, 0.6) is 0 Å². The van der Waals surface area contributed by atoms with E-state index >= 15 is 0 Å². The molecule has 1 saturated heterocycles. The summed E-state index contributed by atoms with van der Waals surface area (Å²) in [4.78, 5) is 25.4. The van der Waals surface area contributed by atoms with Gasteiger partial charge in [0.2, 0.25) is 5.91 Å². The van der Waals surface area contributed by atoms with E-state index in [2.05, 4.69) is 5.32 Å². The van der Waals surface area contributed by atoms with E-state index in [0.717, 1.165) is 0 Å². The zero-order chi connectivity index (χ0) is 14.0. The Bertz CT molecular complexity index is 537. The zero-order valence-electron chi connectivity index (χ0n) is 9.88. The highest BCUT2D eigenvalue weighted by Gasteiger charge is 2.22. The van der Waals surface area contributed by atoms with Crippen LogP contribution in [0.15, 0.2) is 12.1 Å². The average Bonchev–Trinajstić information content (AvgIpc) is 2.58. The SMILES string of the molecule is O=C1CCN(C(=O)c2cc(Cl)cc(Cl)c2I)CCN1. The molecule has 2 amide bonds. The summed E-state index contributed by atoms with van der Waals surface area (Å²) in [6.07, 6.45) is 0.316. The van der Waals surface area contributed by atoms with Gasteiger partial charge in [0.15, 0.2) is 0 Å². The Labute approximate surface area is 134 Å². The van der Waals surface area contributed by atoms with Gasteiger partial charge in [-0.15, -0.1) is 0 Å². The van der Waals surface area contributed by atoms with Crippen LogP contribution < -0.4 is 5.32 Å². The number of halogens is 3. The van der Waals surface area contributed by atoms with Crippen molar-refractivity contribution in [2.75, 3.05) is 19.6 Å². The van der Waals surface area contributed by atoms with Crippen LogP contribution >= 0.6 is 45.8 Å². The third kappa shape index (κ3) is 3.52. The number of amides is 2. The predicted octanol–water partition coefficient (Wildman–Crippen LogP) is 2.56. The first kappa shape index (κ1) is 14.9. The van der Waals surface area contributed by atoms with Gasteiger partial charge in [-0.25, -0.2) is 0 Å². The smallest absolute Gasteiger partial charge is 0.255 e. The van der Waals surface area contributed by atoms with E-state index < -0.39 is 0 Å². The van der Waals surface area contributed by atoms with E-state index in [9.17, 15) is 9.59 Å². The Morgan fingerprint density at radius 3 is 2.79 bits per heavy atom. The van der Waals surface area contributed by atoms with Gasteiger partial charge in [0, 0.05) is 34.6 Å². The van der Waals surface area contributed by atoms with Crippen molar-refractivity contribution in [3.8, 4) is 0 Å². The molecule has 0 aromatic heterocycles. The lowest BCUT2D eigenvalue weighted by Gasteiger charge is -2.20. The lowest BCUT2D eigenvalue weighted by atomic mass is 10.2. The molecule has 19 heavy (non-hydrogen) atoms. The van der Waals surface area contributed by atoms with Crippen LogP contribution in [0.1, 0.15) is 16.8 Å². The molecule has 1 aromatic carbocycles. The summed E-state index contributed by atoms with van der Waals surface area (Å²) < 4.78 is 0.678. The normalized spacial score (nSPS) is 15.9. The van der Waals surface area contributed by atoms with Crippen LogP contribution in [0.4, 0.5) is 0 Å². The summed E-state index contributed by atoms with van der Waals surface area (Å²) in [5.74, 6) is -0.181. The molecule has 4 nitrogen and oxygen atoms in total. The minimum atomic E-state index is -0.148. The fourth-order valence-corrected chi connectivity index (χ4v) is 2.89. The second-order valence-corrected chi connectivity index (χ2v) is 6.06. The minimum Gasteiger partial charge on any atom is -0.354 e. The molecular formula is C12H11Cl2IN2O2. The van der Waals surface area contributed by atoms with Gasteiger partial charge < -0.3 is 10.2 Å². The molecule has 0 spiro atoms. The lowest BCUT2D eigenvalue weighted by molar-refractivity contribution is -0.120. The van der Waals surface area contributed by atoms with Crippen molar-refractivity contribution in [1.82, 2.24) is 10.2 Å². The second kappa shape index (κ2) is 6.28. The molecule has 2 rings (SSSR count). The van der Waals surface area contributed by atoms with Crippen LogP contribution in [0.3, 0.4) is 0 Å². The van der Waals surface area contributed by atoms with Gasteiger partial charge in [0.25, 0.3) is 5.91 Å². The molecule has 0 radical (unpaired) electrons. The number of carbonyl (C=O) groups is 2. The standard InChI is InChI=1S/C12H11Cl2IN2O2/c13-7-5-8(11(15)9(14)6-7)12(19)17-3-1-10(18)16-2-4-17/h5-6H,1-4H2,(H,16,18). The van der Waals surface area contributed by atoms with Crippen molar-refractivity contribution in [3.63, 3.8) is 0 Å². The number of rotatable bonds is 1. The van der Waals surface area contributed by atoms with Crippen molar-refractivity contribution in [2.45, 2.75) is 6.42 Å². The largest absolute Gasteiger partial charge is 0.354 e. The van der Waals surface area contributed by atoms with Gasteiger partial charge in [0.05, 0.1) is 10.6 Å². The summed E-state index contributed by atoms with van der Waals surface area (Å²) in [6, 6.07) is 3.22. The molecule has 0 bridgehead atoms. The van der Waals surface area contributed by atoms with E-state index in [1.807, 2.05) is 22.6 Å². The van der Waals surface area contributed by atoms with Crippen LogP contribution in [-0.2, 0) is 4.79 Å². The predicted molar refractivity (Wildman–Crippen MR) is 82.7 cm³/mol. The molecule has 0 saturated carbocycles. The molecule has 7 heteroatoms. The van der Waals surface area contributed by atoms with E-state index in [-0.39, 0.29) is 11.8 Å². The maximum absolute atomic E-state index is 12.4. The Balaban J connectivity index is 2.26. The molecule has 0 atom stereocenters. The summed E-state index contributed by atoms with van der Waals surface area (Å²) >= 11 is 14.0. The van der Waals surface area contributed by atoms with E-state index in [0.29, 0.717) is 45.2 Å². The Morgan fingerprint density at radius 2 is 2.05 bits per heavy atom. The second-order valence-electron chi connectivity index (χ2n) is 4.14. The van der Waals surface area contributed by atoms with Gasteiger partial charge >= 0.3 is 0 Å². The molecule has 1 heterocycles. The molecule has 1 aromatic rings. The highest BCUT2D eigenvalue weighted by molar-refractivity contribution is 14.1. The van der Waals surface area contributed by atoms with E-state index in [1.54, 1.807) is 17.0 Å². The summed E-state index contributed by atoms with van der Waals surface area (Å²) in [5, 5.41) is 3.62. The van der Waals surface area contributed by atoms with E-state index in [1.165, 1.54) is 0 Å². The fourth-order valence-electron chi connectivity index (χ4n) is 1.85. The maximum Gasteiger partial charge on any atom is 0.255 e. The molecule has 1 aliphatic heterocycles. The maximum atomic E-state index is 12.4. The molecule has 1 fully saturated rings. The molecule has 1 aliphatic rings. The highest BCUT2D eigenvalue weighted by Crippen LogP contribution is 2.27. The number of benzene rings is 1. The first-order valence-corrected chi connectivity index (χ1v) is 7.53. The van der Waals surface area contributed by atoms with Gasteiger partial charge in [-0.05, 0) is 34.7 Å². The van der Waals surface area contributed by atoms with Crippen LogP contribution in [0, 0.1) is 3.57 Å². The van der Waals surface area contributed by atoms with E-state index in [4.69, 9.17) is 23.2 Å². The topological polar surface area (TPSA) is 49.4 Å². The summed E-state index contributed by atoms with van der Waals surface area (Å²) in [5.41, 5.74) is 0.479. The van der Waals surface area contributed by atoms with Crippen molar-refractivity contribution in [1.29, 1.82) is 0 Å².